The lowest BCUT2D eigenvalue weighted by molar-refractivity contribution is 0.322. The summed E-state index contributed by atoms with van der Waals surface area (Å²) in [6, 6.07) is 16.1. The first-order chi connectivity index (χ1) is 11.9. The molecule has 0 aromatic heterocycles. The number of nitrogens with zero attached hydrogens (tertiary/aromatic N) is 2. The second kappa shape index (κ2) is 8.97. The Morgan fingerprint density at radius 1 is 1.20 bits per heavy atom. The number of rotatable bonds is 8. The van der Waals surface area contributed by atoms with Crippen molar-refractivity contribution in [2.75, 3.05) is 20.1 Å². The van der Waals surface area contributed by atoms with Gasteiger partial charge in [-0.15, -0.1) is 0 Å². The molecule has 7 heteroatoms. The van der Waals surface area contributed by atoms with Gasteiger partial charge in [-0.05, 0) is 43.8 Å². The van der Waals surface area contributed by atoms with Crippen molar-refractivity contribution in [3.8, 4) is 6.07 Å². The van der Waals surface area contributed by atoms with Crippen LogP contribution in [-0.2, 0) is 16.6 Å². The highest BCUT2D eigenvalue weighted by atomic mass is 35.5. The van der Waals surface area contributed by atoms with E-state index in [0.29, 0.717) is 13.0 Å². The van der Waals surface area contributed by atoms with Crippen LogP contribution in [-0.4, -0.2) is 33.5 Å². The third-order valence-electron chi connectivity index (χ3n) is 3.68. The van der Waals surface area contributed by atoms with Crippen molar-refractivity contribution >= 4 is 21.6 Å². The average molecular weight is 378 g/mol. The number of nitriles is 1. The summed E-state index contributed by atoms with van der Waals surface area (Å²) in [5.74, 6) is 0. The van der Waals surface area contributed by atoms with E-state index >= 15 is 0 Å². The van der Waals surface area contributed by atoms with Crippen molar-refractivity contribution in [1.29, 1.82) is 5.26 Å². The average Bonchev–Trinajstić information content (AvgIpc) is 2.59. The lowest BCUT2D eigenvalue weighted by Gasteiger charge is -2.16. The van der Waals surface area contributed by atoms with Gasteiger partial charge in [0.1, 0.15) is 6.07 Å². The van der Waals surface area contributed by atoms with Gasteiger partial charge in [0.25, 0.3) is 0 Å². The standard InChI is InChI=1S/C18H20ClN3O2S/c1-22(14-15-6-3-2-4-7-15)11-5-10-21-25(23,24)17-9-8-16(13-20)18(19)12-17/h2-4,6-9,12,21H,5,10-11,14H2,1H3. The maximum atomic E-state index is 12.3. The molecule has 0 unspecified atom stereocenters. The van der Waals surface area contributed by atoms with Crippen LogP contribution >= 0.6 is 11.6 Å². The van der Waals surface area contributed by atoms with E-state index in [1.54, 1.807) is 0 Å². The fourth-order valence-corrected chi connectivity index (χ4v) is 3.75. The molecule has 0 saturated heterocycles. The van der Waals surface area contributed by atoms with Crippen LogP contribution in [0.15, 0.2) is 53.4 Å². The summed E-state index contributed by atoms with van der Waals surface area (Å²) in [5, 5.41) is 8.97. The van der Waals surface area contributed by atoms with Crippen molar-refractivity contribution in [3.05, 3.63) is 64.7 Å². The second-order valence-corrected chi connectivity index (χ2v) is 7.90. The van der Waals surface area contributed by atoms with Crippen LogP contribution < -0.4 is 4.72 Å². The number of nitrogens with one attached hydrogen (secondary N) is 1. The summed E-state index contributed by atoms with van der Waals surface area (Å²) in [7, 11) is -1.63. The Morgan fingerprint density at radius 2 is 1.92 bits per heavy atom. The van der Waals surface area contributed by atoms with E-state index in [-0.39, 0.29) is 15.5 Å². The van der Waals surface area contributed by atoms with E-state index in [9.17, 15) is 8.42 Å². The zero-order valence-corrected chi connectivity index (χ0v) is 15.5. The predicted octanol–water partition coefficient (Wildman–Crippen LogP) is 3.01. The molecular weight excluding hydrogens is 358 g/mol. The molecule has 2 rings (SSSR count). The number of hydrogen-bond donors (Lipinski definition) is 1. The van der Waals surface area contributed by atoms with Gasteiger partial charge in [0.2, 0.25) is 10.0 Å². The Labute approximate surface area is 153 Å². The van der Waals surface area contributed by atoms with E-state index in [1.165, 1.54) is 23.8 Å². The largest absolute Gasteiger partial charge is 0.302 e. The summed E-state index contributed by atoms with van der Waals surface area (Å²) in [6.07, 6.45) is 0.687. The van der Waals surface area contributed by atoms with E-state index in [4.69, 9.17) is 16.9 Å². The number of sulfonamides is 1. The third-order valence-corrected chi connectivity index (χ3v) is 5.45. The molecule has 0 aliphatic heterocycles. The maximum absolute atomic E-state index is 12.3. The summed E-state index contributed by atoms with van der Waals surface area (Å²) >= 11 is 5.89. The molecule has 1 N–H and O–H groups in total. The predicted molar refractivity (Wildman–Crippen MR) is 98.7 cm³/mol. The molecule has 0 radical (unpaired) electrons. The Balaban J connectivity index is 1.82. The van der Waals surface area contributed by atoms with Crippen LogP contribution in [0.5, 0.6) is 0 Å². The van der Waals surface area contributed by atoms with Crippen molar-refractivity contribution in [1.82, 2.24) is 9.62 Å². The van der Waals surface area contributed by atoms with E-state index in [0.717, 1.165) is 13.1 Å². The van der Waals surface area contributed by atoms with Gasteiger partial charge in [0.05, 0.1) is 15.5 Å². The normalized spacial score (nSPS) is 11.4. The van der Waals surface area contributed by atoms with Crippen LogP contribution in [0.1, 0.15) is 17.5 Å². The minimum Gasteiger partial charge on any atom is -0.302 e. The molecule has 132 valence electrons. The molecule has 0 amide bonds. The molecule has 0 bridgehead atoms. The molecule has 5 nitrogen and oxygen atoms in total. The molecule has 0 spiro atoms. The molecule has 0 aliphatic rings. The summed E-state index contributed by atoms with van der Waals surface area (Å²) < 4.78 is 27.1. The van der Waals surface area contributed by atoms with Crippen molar-refractivity contribution in [3.63, 3.8) is 0 Å². The molecule has 0 fully saturated rings. The van der Waals surface area contributed by atoms with Crippen molar-refractivity contribution < 1.29 is 8.42 Å². The lowest BCUT2D eigenvalue weighted by atomic mass is 10.2. The highest BCUT2D eigenvalue weighted by Crippen LogP contribution is 2.20. The quantitative estimate of drug-likeness (QED) is 0.717. The Kier molecular flexibility index (Phi) is 6.97. The van der Waals surface area contributed by atoms with Crippen LogP contribution in [0.4, 0.5) is 0 Å². The van der Waals surface area contributed by atoms with Gasteiger partial charge in [-0.3, -0.25) is 0 Å². The fraction of sp³-hybridized carbons (Fsp3) is 0.278. The Morgan fingerprint density at radius 3 is 2.56 bits per heavy atom. The van der Waals surface area contributed by atoms with Crippen molar-refractivity contribution in [2.45, 2.75) is 17.9 Å². The van der Waals surface area contributed by atoms with Gasteiger partial charge in [0.15, 0.2) is 0 Å². The summed E-state index contributed by atoms with van der Waals surface area (Å²) in [5.41, 5.74) is 1.47. The second-order valence-electron chi connectivity index (χ2n) is 5.73. The van der Waals surface area contributed by atoms with Crippen LogP contribution in [0, 0.1) is 11.3 Å². The molecule has 2 aromatic rings. The number of halogens is 1. The summed E-state index contributed by atoms with van der Waals surface area (Å²) in [6.45, 7) is 1.92. The van der Waals surface area contributed by atoms with E-state index < -0.39 is 10.0 Å². The number of benzene rings is 2. The maximum Gasteiger partial charge on any atom is 0.240 e. The van der Waals surface area contributed by atoms with Gasteiger partial charge in [0, 0.05) is 13.1 Å². The first-order valence-corrected chi connectivity index (χ1v) is 9.70. The third kappa shape index (κ3) is 5.83. The number of hydrogen-bond acceptors (Lipinski definition) is 4. The van der Waals surface area contributed by atoms with Crippen LogP contribution in [0.25, 0.3) is 0 Å². The fourth-order valence-electron chi connectivity index (χ4n) is 2.37. The van der Waals surface area contributed by atoms with Crippen LogP contribution in [0.3, 0.4) is 0 Å². The molecule has 2 aromatic carbocycles. The van der Waals surface area contributed by atoms with Gasteiger partial charge < -0.3 is 4.90 Å². The van der Waals surface area contributed by atoms with Crippen LogP contribution in [0.2, 0.25) is 5.02 Å². The highest BCUT2D eigenvalue weighted by Gasteiger charge is 2.15. The SMILES string of the molecule is CN(CCCNS(=O)(=O)c1ccc(C#N)c(Cl)c1)Cc1ccccc1. The van der Waals surface area contributed by atoms with E-state index in [1.807, 2.05) is 31.3 Å². The molecule has 0 saturated carbocycles. The van der Waals surface area contributed by atoms with Crippen molar-refractivity contribution in [2.24, 2.45) is 0 Å². The molecule has 0 aliphatic carbocycles. The lowest BCUT2D eigenvalue weighted by Crippen LogP contribution is -2.28. The molecule has 0 heterocycles. The molecular formula is C18H20ClN3O2S. The van der Waals surface area contributed by atoms with Gasteiger partial charge in [-0.1, -0.05) is 41.9 Å². The van der Waals surface area contributed by atoms with E-state index in [2.05, 4.69) is 21.8 Å². The minimum atomic E-state index is -3.63. The molecule has 0 atom stereocenters. The smallest absolute Gasteiger partial charge is 0.240 e. The minimum absolute atomic E-state index is 0.0640. The molecule has 25 heavy (non-hydrogen) atoms. The Hall–Kier alpha value is -1.91. The van der Waals surface area contributed by atoms with Gasteiger partial charge >= 0.3 is 0 Å². The highest BCUT2D eigenvalue weighted by molar-refractivity contribution is 7.89. The summed E-state index contributed by atoms with van der Waals surface area (Å²) in [4.78, 5) is 2.21. The van der Waals surface area contributed by atoms with Gasteiger partial charge in [-0.2, -0.15) is 5.26 Å². The first kappa shape index (κ1) is 19.4. The zero-order chi connectivity index (χ0) is 18.3. The Bertz CT molecular complexity index is 848. The first-order valence-electron chi connectivity index (χ1n) is 7.84. The topological polar surface area (TPSA) is 73.2 Å². The zero-order valence-electron chi connectivity index (χ0n) is 13.9. The monoisotopic (exact) mass is 377 g/mol. The van der Waals surface area contributed by atoms with Gasteiger partial charge in [-0.25, -0.2) is 13.1 Å².